The Morgan fingerprint density at radius 2 is 2.38 bits per heavy atom. The van der Waals surface area contributed by atoms with Crippen LogP contribution >= 0.6 is 9.24 Å². The molecule has 0 aliphatic carbocycles. The molecule has 0 aromatic rings. The summed E-state index contributed by atoms with van der Waals surface area (Å²) in [7, 11) is 2.47. The van der Waals surface area contributed by atoms with Crippen molar-refractivity contribution in [1.29, 1.82) is 0 Å². The standard InChI is InChI=1S/C6H14NP/c1-3-6(2)4-7-5-8/h5-6H,3-4,8H2,1-2H3. The Morgan fingerprint density at radius 1 is 1.75 bits per heavy atom. The Labute approximate surface area is 53.8 Å². The van der Waals surface area contributed by atoms with Gasteiger partial charge in [-0.1, -0.05) is 29.5 Å². The van der Waals surface area contributed by atoms with Crippen LogP contribution in [-0.4, -0.2) is 12.5 Å². The molecule has 0 aromatic heterocycles. The molecule has 1 nitrogen and oxygen atoms in total. The van der Waals surface area contributed by atoms with E-state index in [1.165, 1.54) is 6.42 Å². The first-order chi connectivity index (χ1) is 3.81. The van der Waals surface area contributed by atoms with Gasteiger partial charge in [-0.3, -0.25) is 4.99 Å². The predicted octanol–water partition coefficient (Wildman–Crippen LogP) is 1.94. The highest BCUT2D eigenvalue weighted by Gasteiger charge is 1.92. The summed E-state index contributed by atoms with van der Waals surface area (Å²) in [5.74, 6) is 2.53. The summed E-state index contributed by atoms with van der Waals surface area (Å²) in [5.41, 5.74) is 0. The van der Waals surface area contributed by atoms with Crippen LogP contribution in [0, 0.1) is 5.92 Å². The van der Waals surface area contributed by atoms with Crippen LogP contribution in [0.15, 0.2) is 4.99 Å². The molecule has 48 valence electrons. The van der Waals surface area contributed by atoms with Crippen molar-refractivity contribution in [3.63, 3.8) is 0 Å². The van der Waals surface area contributed by atoms with Gasteiger partial charge < -0.3 is 0 Å². The summed E-state index contributed by atoms with van der Waals surface area (Å²) in [6.45, 7) is 5.36. The third kappa shape index (κ3) is 4.26. The second-order valence-corrected chi connectivity index (χ2v) is 2.33. The SMILES string of the molecule is CCC(C)CN=CP. The minimum absolute atomic E-state index is 0.742. The third-order valence-corrected chi connectivity index (χ3v) is 1.43. The van der Waals surface area contributed by atoms with Crippen LogP contribution in [0.5, 0.6) is 0 Å². The summed E-state index contributed by atoms with van der Waals surface area (Å²) in [6, 6.07) is 0. The highest BCUT2D eigenvalue weighted by Crippen LogP contribution is 1.99. The lowest BCUT2D eigenvalue weighted by atomic mass is 10.1. The first kappa shape index (κ1) is 8.10. The minimum Gasteiger partial charge on any atom is -0.293 e. The zero-order valence-corrected chi connectivity index (χ0v) is 6.75. The lowest BCUT2D eigenvalue weighted by molar-refractivity contribution is 0.578. The monoisotopic (exact) mass is 131 g/mol. The highest BCUT2D eigenvalue weighted by molar-refractivity contribution is 7.36. The van der Waals surface area contributed by atoms with E-state index in [4.69, 9.17) is 0 Å². The van der Waals surface area contributed by atoms with E-state index in [0.29, 0.717) is 0 Å². The Hall–Kier alpha value is 0.100. The molecule has 0 amide bonds. The van der Waals surface area contributed by atoms with Crippen molar-refractivity contribution < 1.29 is 0 Å². The van der Waals surface area contributed by atoms with E-state index in [0.717, 1.165) is 12.5 Å². The fraction of sp³-hybridized carbons (Fsp3) is 0.833. The number of aliphatic imine (C=N–C) groups is 1. The van der Waals surface area contributed by atoms with E-state index < -0.39 is 0 Å². The van der Waals surface area contributed by atoms with Crippen LogP contribution in [0.4, 0.5) is 0 Å². The van der Waals surface area contributed by atoms with Crippen molar-refractivity contribution in [2.75, 3.05) is 6.54 Å². The molecule has 0 radical (unpaired) electrons. The molecule has 2 unspecified atom stereocenters. The summed E-state index contributed by atoms with van der Waals surface area (Å²) in [5, 5.41) is 0. The zero-order chi connectivity index (χ0) is 6.41. The second kappa shape index (κ2) is 5.24. The lowest BCUT2D eigenvalue weighted by Gasteiger charge is -2.00. The van der Waals surface area contributed by atoms with Gasteiger partial charge in [0.2, 0.25) is 0 Å². The first-order valence-electron chi connectivity index (χ1n) is 3.01. The molecule has 0 spiro atoms. The number of nitrogens with zero attached hydrogens (tertiary/aromatic N) is 1. The average molecular weight is 131 g/mol. The molecule has 2 heteroatoms. The maximum absolute atomic E-state index is 4.08. The predicted molar refractivity (Wildman–Crippen MR) is 42.5 cm³/mol. The van der Waals surface area contributed by atoms with E-state index in [1.807, 2.05) is 0 Å². The van der Waals surface area contributed by atoms with Gasteiger partial charge in [0.1, 0.15) is 0 Å². The molecule has 0 bridgehead atoms. The largest absolute Gasteiger partial charge is 0.293 e. The van der Waals surface area contributed by atoms with Gasteiger partial charge in [0.25, 0.3) is 0 Å². The van der Waals surface area contributed by atoms with Crippen LogP contribution in [0.2, 0.25) is 0 Å². The molecule has 8 heavy (non-hydrogen) atoms. The summed E-state index contributed by atoms with van der Waals surface area (Å²) >= 11 is 0. The number of rotatable bonds is 3. The molecule has 0 saturated heterocycles. The van der Waals surface area contributed by atoms with Gasteiger partial charge in [-0.2, -0.15) is 0 Å². The second-order valence-electron chi connectivity index (χ2n) is 2.03. The smallest absolute Gasteiger partial charge is 0.0414 e. The van der Waals surface area contributed by atoms with Crippen molar-refractivity contribution in [2.45, 2.75) is 20.3 Å². The van der Waals surface area contributed by atoms with E-state index in [2.05, 4.69) is 28.1 Å². The Morgan fingerprint density at radius 3 is 2.75 bits per heavy atom. The fourth-order valence-corrected chi connectivity index (χ4v) is 0.492. The molecule has 0 fully saturated rings. The van der Waals surface area contributed by atoms with Crippen molar-refractivity contribution in [3.8, 4) is 0 Å². The summed E-state index contributed by atoms with van der Waals surface area (Å²) in [6.07, 6.45) is 1.22. The summed E-state index contributed by atoms with van der Waals surface area (Å²) < 4.78 is 0. The van der Waals surface area contributed by atoms with Gasteiger partial charge in [-0.05, 0) is 5.92 Å². The average Bonchev–Trinajstić information content (AvgIpc) is 1.83. The molecule has 0 aromatic carbocycles. The van der Waals surface area contributed by atoms with E-state index in [-0.39, 0.29) is 0 Å². The van der Waals surface area contributed by atoms with Crippen LogP contribution in [0.25, 0.3) is 0 Å². The first-order valence-corrected chi connectivity index (χ1v) is 3.68. The van der Waals surface area contributed by atoms with E-state index >= 15 is 0 Å². The van der Waals surface area contributed by atoms with Crippen LogP contribution in [-0.2, 0) is 0 Å². The van der Waals surface area contributed by atoms with Crippen molar-refractivity contribution in [2.24, 2.45) is 10.9 Å². The quantitative estimate of drug-likeness (QED) is 0.410. The topological polar surface area (TPSA) is 12.4 Å². The number of hydrogen-bond donors (Lipinski definition) is 0. The maximum Gasteiger partial charge on any atom is 0.0414 e. The highest BCUT2D eigenvalue weighted by atomic mass is 31.0. The fourth-order valence-electron chi connectivity index (χ4n) is 0.370. The van der Waals surface area contributed by atoms with Gasteiger partial charge in [-0.25, -0.2) is 0 Å². The van der Waals surface area contributed by atoms with Gasteiger partial charge in [-0.15, -0.1) is 0 Å². The third-order valence-electron chi connectivity index (χ3n) is 1.22. The molecular formula is C6H14NP. The maximum atomic E-state index is 4.08. The molecule has 0 saturated carbocycles. The molecule has 0 aliphatic rings. The van der Waals surface area contributed by atoms with Crippen LogP contribution in [0.1, 0.15) is 20.3 Å². The molecular weight excluding hydrogens is 117 g/mol. The zero-order valence-electron chi connectivity index (χ0n) is 5.59. The molecule has 0 rings (SSSR count). The normalized spacial score (nSPS) is 14.9. The van der Waals surface area contributed by atoms with E-state index in [1.54, 1.807) is 5.96 Å². The molecule has 0 N–H and O–H groups in total. The van der Waals surface area contributed by atoms with Gasteiger partial charge in [0, 0.05) is 12.5 Å². The molecule has 0 heterocycles. The molecule has 2 atom stereocenters. The lowest BCUT2D eigenvalue weighted by Crippen LogP contribution is -1.95. The van der Waals surface area contributed by atoms with Crippen LogP contribution in [0.3, 0.4) is 0 Å². The van der Waals surface area contributed by atoms with Gasteiger partial charge >= 0.3 is 0 Å². The van der Waals surface area contributed by atoms with E-state index in [9.17, 15) is 0 Å². The van der Waals surface area contributed by atoms with Crippen molar-refractivity contribution >= 4 is 15.2 Å². The minimum atomic E-state index is 0.742. The Kier molecular flexibility index (Phi) is 5.31. The summed E-state index contributed by atoms with van der Waals surface area (Å²) in [4.78, 5) is 4.08. The Balaban J connectivity index is 3.10. The Bertz CT molecular complexity index is 70.9. The van der Waals surface area contributed by atoms with Crippen molar-refractivity contribution in [3.05, 3.63) is 0 Å². The molecule has 0 aliphatic heterocycles. The van der Waals surface area contributed by atoms with Gasteiger partial charge in [0.05, 0.1) is 0 Å². The van der Waals surface area contributed by atoms with Gasteiger partial charge in [0.15, 0.2) is 0 Å². The van der Waals surface area contributed by atoms with Crippen molar-refractivity contribution in [1.82, 2.24) is 0 Å². The van der Waals surface area contributed by atoms with Crippen LogP contribution < -0.4 is 0 Å². The number of hydrogen-bond acceptors (Lipinski definition) is 1.